The van der Waals surface area contributed by atoms with Crippen molar-refractivity contribution < 1.29 is 23.4 Å². The van der Waals surface area contributed by atoms with Gasteiger partial charge in [0.2, 0.25) is 16.0 Å². The van der Waals surface area contributed by atoms with Gasteiger partial charge in [0, 0.05) is 32.7 Å². The van der Waals surface area contributed by atoms with E-state index in [-0.39, 0.29) is 40.9 Å². The molecule has 0 bridgehead atoms. The van der Waals surface area contributed by atoms with Crippen LogP contribution in [-0.2, 0) is 22.9 Å². The molecule has 2 aromatic carbocycles. The van der Waals surface area contributed by atoms with Crippen LogP contribution < -0.4 is 15.4 Å². The number of benzene rings is 2. The average Bonchev–Trinajstić information content (AvgIpc) is 3.30. The zero-order valence-corrected chi connectivity index (χ0v) is 24.6. The maximum Gasteiger partial charge on any atom is 0.245 e. The SMILES string of the molecule is COc1cc2c(cc1Nc1ncc(Cl)c(Nc3ccccc3S(=O)(=O)N3CCC(O)C3)n1)CCN(CC(C)O)CC2. The fourth-order valence-corrected chi connectivity index (χ4v) is 7.03. The number of β-amino-alcohol motifs (C(OH)–C–C–N with tert-alkyl or cyclic N) is 2. The predicted molar refractivity (Wildman–Crippen MR) is 158 cm³/mol. The second-order valence-electron chi connectivity index (χ2n) is 10.4. The lowest BCUT2D eigenvalue weighted by Gasteiger charge is -2.20. The number of para-hydroxylation sites is 1. The van der Waals surface area contributed by atoms with Gasteiger partial charge in [-0.2, -0.15) is 9.29 Å². The topological polar surface area (TPSA) is 140 Å². The molecule has 13 heteroatoms. The normalized spacial score (nSPS) is 18.9. The Morgan fingerprint density at radius 1 is 1.12 bits per heavy atom. The molecule has 220 valence electrons. The lowest BCUT2D eigenvalue weighted by Crippen LogP contribution is -2.33. The molecular weight excluding hydrogens is 568 g/mol. The summed E-state index contributed by atoms with van der Waals surface area (Å²) < 4.78 is 33.6. The number of hydrogen-bond acceptors (Lipinski definition) is 10. The van der Waals surface area contributed by atoms with Crippen molar-refractivity contribution in [2.24, 2.45) is 0 Å². The predicted octanol–water partition coefficient (Wildman–Crippen LogP) is 3.16. The molecular formula is C28H35ClN6O5S. The first-order valence-electron chi connectivity index (χ1n) is 13.6. The Kier molecular flexibility index (Phi) is 8.97. The minimum Gasteiger partial charge on any atom is -0.495 e. The van der Waals surface area contributed by atoms with Crippen molar-refractivity contribution in [3.05, 3.63) is 58.7 Å². The van der Waals surface area contributed by atoms with Crippen LogP contribution in [0.1, 0.15) is 24.5 Å². The third-order valence-electron chi connectivity index (χ3n) is 7.31. The molecule has 3 heterocycles. The van der Waals surface area contributed by atoms with Crippen molar-refractivity contribution in [1.29, 1.82) is 0 Å². The van der Waals surface area contributed by atoms with Crippen LogP contribution in [0.25, 0.3) is 0 Å². The van der Waals surface area contributed by atoms with Crippen molar-refractivity contribution >= 4 is 44.8 Å². The van der Waals surface area contributed by atoms with Gasteiger partial charge in [-0.25, -0.2) is 13.4 Å². The number of fused-ring (bicyclic) bond motifs is 1. The fourth-order valence-electron chi connectivity index (χ4n) is 5.25. The van der Waals surface area contributed by atoms with Gasteiger partial charge in [-0.1, -0.05) is 23.7 Å². The maximum atomic E-state index is 13.3. The molecule has 41 heavy (non-hydrogen) atoms. The summed E-state index contributed by atoms with van der Waals surface area (Å²) >= 11 is 6.43. The maximum absolute atomic E-state index is 13.3. The molecule has 0 amide bonds. The van der Waals surface area contributed by atoms with E-state index in [1.807, 2.05) is 12.1 Å². The van der Waals surface area contributed by atoms with Crippen molar-refractivity contribution in [3.8, 4) is 5.75 Å². The Labute approximate surface area is 245 Å². The van der Waals surface area contributed by atoms with Gasteiger partial charge in [-0.3, -0.25) is 0 Å². The number of ether oxygens (including phenoxy) is 1. The first kappa shape index (κ1) is 29.5. The van der Waals surface area contributed by atoms with Crippen LogP contribution in [0.15, 0.2) is 47.5 Å². The fraction of sp³-hybridized carbons (Fsp3) is 0.429. The summed E-state index contributed by atoms with van der Waals surface area (Å²) in [5, 5.41) is 26.2. The summed E-state index contributed by atoms with van der Waals surface area (Å²) in [5.41, 5.74) is 3.38. The van der Waals surface area contributed by atoms with Gasteiger partial charge in [-0.15, -0.1) is 0 Å². The molecule has 1 aromatic heterocycles. The minimum atomic E-state index is -3.85. The Bertz CT molecular complexity index is 1510. The van der Waals surface area contributed by atoms with Crippen molar-refractivity contribution in [2.45, 2.75) is 43.3 Å². The van der Waals surface area contributed by atoms with Gasteiger partial charge in [0.1, 0.15) is 15.7 Å². The van der Waals surface area contributed by atoms with Gasteiger partial charge in [0.05, 0.1) is 36.9 Å². The van der Waals surface area contributed by atoms with Crippen LogP contribution in [0.2, 0.25) is 5.02 Å². The number of aliphatic hydroxyl groups excluding tert-OH is 2. The molecule has 4 N–H and O–H groups in total. The van der Waals surface area contributed by atoms with Crippen LogP contribution in [0, 0.1) is 0 Å². The smallest absolute Gasteiger partial charge is 0.245 e. The third-order valence-corrected chi connectivity index (χ3v) is 9.51. The number of sulfonamides is 1. The van der Waals surface area contributed by atoms with E-state index in [1.165, 1.54) is 27.7 Å². The largest absolute Gasteiger partial charge is 0.495 e. The van der Waals surface area contributed by atoms with Gasteiger partial charge >= 0.3 is 0 Å². The number of methoxy groups -OCH3 is 1. The molecule has 3 aromatic rings. The molecule has 11 nitrogen and oxygen atoms in total. The summed E-state index contributed by atoms with van der Waals surface area (Å²) in [7, 11) is -2.24. The van der Waals surface area contributed by atoms with Crippen molar-refractivity contribution in [1.82, 2.24) is 19.2 Å². The number of rotatable bonds is 9. The summed E-state index contributed by atoms with van der Waals surface area (Å²) in [6.45, 7) is 4.44. The van der Waals surface area contributed by atoms with Crippen LogP contribution in [0.5, 0.6) is 5.75 Å². The Hall–Kier alpha value is -3.00. The lowest BCUT2D eigenvalue weighted by molar-refractivity contribution is 0.129. The monoisotopic (exact) mass is 602 g/mol. The van der Waals surface area contributed by atoms with Crippen LogP contribution >= 0.6 is 11.6 Å². The zero-order chi connectivity index (χ0) is 29.1. The first-order chi connectivity index (χ1) is 19.6. The highest BCUT2D eigenvalue weighted by molar-refractivity contribution is 7.89. The molecule has 1 fully saturated rings. The molecule has 2 aliphatic rings. The molecule has 0 spiro atoms. The van der Waals surface area contributed by atoms with E-state index < -0.39 is 16.1 Å². The number of hydrogen-bond donors (Lipinski definition) is 4. The van der Waals surface area contributed by atoms with Gasteiger partial charge in [0.15, 0.2) is 5.82 Å². The second kappa shape index (κ2) is 12.5. The molecule has 0 aliphatic carbocycles. The highest BCUT2D eigenvalue weighted by Crippen LogP contribution is 2.34. The summed E-state index contributed by atoms with van der Waals surface area (Å²) in [6.07, 6.45) is 2.46. The van der Waals surface area contributed by atoms with E-state index in [9.17, 15) is 18.6 Å². The van der Waals surface area contributed by atoms with Crippen molar-refractivity contribution in [2.75, 3.05) is 50.5 Å². The molecule has 2 aliphatic heterocycles. The number of anilines is 4. The molecule has 2 atom stereocenters. The third kappa shape index (κ3) is 6.74. The standard InChI is InChI=1S/C28H35ClN6O5S/c1-18(36)16-34-10-7-19-13-24(25(40-2)14-20(19)8-11-34)32-28-30-15-22(29)27(33-28)31-23-5-3-4-6-26(23)41(38,39)35-12-9-21(37)17-35/h3-6,13-15,18,21,36-37H,7-12,16-17H2,1-2H3,(H2,30,31,32,33). The Morgan fingerprint density at radius 2 is 1.85 bits per heavy atom. The molecule has 2 unspecified atom stereocenters. The highest BCUT2D eigenvalue weighted by Gasteiger charge is 2.33. The zero-order valence-electron chi connectivity index (χ0n) is 23.0. The number of halogens is 1. The van der Waals surface area contributed by atoms with E-state index in [0.717, 1.165) is 25.9 Å². The average molecular weight is 603 g/mol. The number of nitrogens with zero attached hydrogens (tertiary/aromatic N) is 4. The van der Waals surface area contributed by atoms with Gasteiger partial charge in [0.25, 0.3) is 0 Å². The summed E-state index contributed by atoms with van der Waals surface area (Å²) in [6, 6.07) is 10.6. The van der Waals surface area contributed by atoms with E-state index >= 15 is 0 Å². The number of nitrogens with one attached hydrogen (secondary N) is 2. The second-order valence-corrected chi connectivity index (χ2v) is 12.7. The van der Waals surface area contributed by atoms with Crippen LogP contribution in [0.3, 0.4) is 0 Å². The molecule has 0 saturated carbocycles. The van der Waals surface area contributed by atoms with Gasteiger partial charge < -0.3 is 30.5 Å². The summed E-state index contributed by atoms with van der Waals surface area (Å²) in [5.74, 6) is 1.13. The van der Waals surface area contributed by atoms with E-state index in [4.69, 9.17) is 16.3 Å². The van der Waals surface area contributed by atoms with Crippen LogP contribution in [-0.4, -0.2) is 89.8 Å². The van der Waals surface area contributed by atoms with Crippen molar-refractivity contribution in [3.63, 3.8) is 0 Å². The van der Waals surface area contributed by atoms with Crippen LogP contribution in [0.4, 0.5) is 23.1 Å². The lowest BCUT2D eigenvalue weighted by atomic mass is 10.0. The molecule has 0 radical (unpaired) electrons. The van der Waals surface area contributed by atoms with E-state index in [0.29, 0.717) is 30.1 Å². The minimum absolute atomic E-state index is 0.0558. The Balaban J connectivity index is 1.39. The number of aromatic nitrogens is 2. The molecule has 1 saturated heterocycles. The first-order valence-corrected chi connectivity index (χ1v) is 15.4. The van der Waals surface area contributed by atoms with Gasteiger partial charge in [-0.05, 0) is 61.6 Å². The van der Waals surface area contributed by atoms with E-state index in [2.05, 4.69) is 25.5 Å². The van der Waals surface area contributed by atoms with E-state index in [1.54, 1.807) is 32.2 Å². The highest BCUT2D eigenvalue weighted by atomic mass is 35.5. The summed E-state index contributed by atoms with van der Waals surface area (Å²) in [4.78, 5) is 11.2. The molecule has 5 rings (SSSR count). The quantitative estimate of drug-likeness (QED) is 0.289. The Morgan fingerprint density at radius 3 is 2.54 bits per heavy atom. The number of aliphatic hydroxyl groups is 2.